The summed E-state index contributed by atoms with van der Waals surface area (Å²) in [5.74, 6) is -0.626. The van der Waals surface area contributed by atoms with Crippen LogP contribution in [0.25, 0.3) is 5.65 Å². The highest BCUT2D eigenvalue weighted by Gasteiger charge is 2.10. The molecule has 3 aromatic rings. The van der Waals surface area contributed by atoms with Crippen LogP contribution in [0.2, 0.25) is 0 Å². The fourth-order valence-electron chi connectivity index (χ4n) is 2.35. The number of carbonyl (C=O) groups excluding carboxylic acids is 1. The lowest BCUT2D eigenvalue weighted by molar-refractivity contribution is -0.0498. The van der Waals surface area contributed by atoms with Gasteiger partial charge in [-0.05, 0) is 36.4 Å². The van der Waals surface area contributed by atoms with Gasteiger partial charge in [0.1, 0.15) is 5.75 Å². The standard InChI is InChI=1S/C17H15F2N3O4/c18-16(19)26-13-7-5-12(6-8-13)15(23)25-11-3-10-22-17(24)21-9-2-1-4-14(21)20-22/h1-2,4-9,16H,3,10-11H2. The smallest absolute Gasteiger partial charge is 0.387 e. The fraction of sp³-hybridized carbons (Fsp3) is 0.235. The number of rotatable bonds is 7. The van der Waals surface area contributed by atoms with Crippen LogP contribution < -0.4 is 10.4 Å². The number of carbonyl (C=O) groups is 1. The molecule has 0 amide bonds. The molecule has 1 aromatic carbocycles. The largest absolute Gasteiger partial charge is 0.462 e. The van der Waals surface area contributed by atoms with E-state index in [0.717, 1.165) is 0 Å². The fourth-order valence-corrected chi connectivity index (χ4v) is 2.35. The summed E-state index contributed by atoms with van der Waals surface area (Å²) in [4.78, 5) is 24.0. The van der Waals surface area contributed by atoms with E-state index in [0.29, 0.717) is 18.6 Å². The first-order valence-electron chi connectivity index (χ1n) is 7.81. The highest BCUT2D eigenvalue weighted by molar-refractivity contribution is 5.89. The second-order valence-corrected chi connectivity index (χ2v) is 5.33. The minimum absolute atomic E-state index is 0.0391. The number of aromatic nitrogens is 3. The Morgan fingerprint density at radius 3 is 2.62 bits per heavy atom. The Morgan fingerprint density at radius 1 is 1.15 bits per heavy atom. The topological polar surface area (TPSA) is 74.8 Å². The molecule has 0 atom stereocenters. The van der Waals surface area contributed by atoms with Gasteiger partial charge >= 0.3 is 18.3 Å². The summed E-state index contributed by atoms with van der Waals surface area (Å²) in [6.07, 6.45) is 2.03. The molecule has 0 aliphatic heterocycles. The minimum atomic E-state index is -2.92. The van der Waals surface area contributed by atoms with Gasteiger partial charge in [-0.25, -0.2) is 14.3 Å². The first-order valence-corrected chi connectivity index (χ1v) is 7.81. The number of fused-ring (bicyclic) bond motifs is 1. The lowest BCUT2D eigenvalue weighted by atomic mass is 10.2. The van der Waals surface area contributed by atoms with Crippen LogP contribution in [0, 0.1) is 0 Å². The van der Waals surface area contributed by atoms with E-state index in [1.807, 2.05) is 0 Å². The van der Waals surface area contributed by atoms with Crippen LogP contribution >= 0.6 is 0 Å². The molecule has 0 radical (unpaired) electrons. The average Bonchev–Trinajstić information content (AvgIpc) is 2.95. The summed E-state index contributed by atoms with van der Waals surface area (Å²) in [5.41, 5.74) is 0.499. The van der Waals surface area contributed by atoms with Crippen molar-refractivity contribution in [2.45, 2.75) is 19.6 Å². The zero-order valence-electron chi connectivity index (χ0n) is 13.5. The first kappa shape index (κ1) is 17.6. The maximum atomic E-state index is 12.1. The molecule has 0 fully saturated rings. The number of halogens is 2. The van der Waals surface area contributed by atoms with Crippen molar-refractivity contribution in [3.63, 3.8) is 0 Å². The minimum Gasteiger partial charge on any atom is -0.462 e. The van der Waals surface area contributed by atoms with Crippen LogP contribution in [0.3, 0.4) is 0 Å². The normalized spacial score (nSPS) is 11.0. The van der Waals surface area contributed by atoms with E-state index in [4.69, 9.17) is 4.74 Å². The van der Waals surface area contributed by atoms with Crippen molar-refractivity contribution in [2.24, 2.45) is 0 Å². The second kappa shape index (κ2) is 7.77. The maximum Gasteiger partial charge on any atom is 0.387 e. The predicted molar refractivity (Wildman–Crippen MR) is 87.4 cm³/mol. The van der Waals surface area contributed by atoms with Gasteiger partial charge in [0.2, 0.25) is 0 Å². The van der Waals surface area contributed by atoms with Gasteiger partial charge in [0, 0.05) is 19.2 Å². The van der Waals surface area contributed by atoms with Crippen molar-refractivity contribution in [1.29, 1.82) is 0 Å². The first-order chi connectivity index (χ1) is 12.5. The van der Waals surface area contributed by atoms with Gasteiger partial charge in [0.05, 0.1) is 12.2 Å². The van der Waals surface area contributed by atoms with Crippen molar-refractivity contribution in [3.05, 3.63) is 64.7 Å². The van der Waals surface area contributed by atoms with Gasteiger partial charge in [0.15, 0.2) is 5.65 Å². The third-order valence-electron chi connectivity index (χ3n) is 3.55. The SMILES string of the molecule is O=C(OCCCn1nc2ccccn2c1=O)c1ccc(OC(F)F)cc1. The molecule has 3 rings (SSSR count). The van der Waals surface area contributed by atoms with Crippen LogP contribution in [0.1, 0.15) is 16.8 Å². The molecule has 0 spiro atoms. The third-order valence-corrected chi connectivity index (χ3v) is 3.55. The summed E-state index contributed by atoms with van der Waals surface area (Å²) < 4.78 is 36.2. The molecule has 0 aliphatic rings. The Morgan fingerprint density at radius 2 is 1.92 bits per heavy atom. The van der Waals surface area contributed by atoms with Crippen LogP contribution in [0.15, 0.2) is 53.5 Å². The molecule has 0 saturated carbocycles. The maximum absolute atomic E-state index is 12.1. The zero-order chi connectivity index (χ0) is 18.5. The molecule has 0 aliphatic carbocycles. The molecule has 0 unspecified atom stereocenters. The van der Waals surface area contributed by atoms with Gasteiger partial charge in [-0.1, -0.05) is 6.07 Å². The Hall–Kier alpha value is -3.23. The number of hydrogen-bond donors (Lipinski definition) is 0. The van der Waals surface area contributed by atoms with Crippen molar-refractivity contribution >= 4 is 11.6 Å². The second-order valence-electron chi connectivity index (χ2n) is 5.33. The summed E-state index contributed by atoms with van der Waals surface area (Å²) in [5, 5.41) is 4.17. The molecule has 0 bridgehead atoms. The quantitative estimate of drug-likeness (QED) is 0.476. The summed E-state index contributed by atoms with van der Waals surface area (Å²) in [7, 11) is 0. The number of hydrogen-bond acceptors (Lipinski definition) is 5. The van der Waals surface area contributed by atoms with E-state index in [1.54, 1.807) is 24.4 Å². The number of benzene rings is 1. The number of alkyl halides is 2. The van der Waals surface area contributed by atoms with Crippen molar-refractivity contribution < 1.29 is 23.0 Å². The van der Waals surface area contributed by atoms with Crippen molar-refractivity contribution in [3.8, 4) is 5.75 Å². The molecular formula is C17H15F2N3O4. The van der Waals surface area contributed by atoms with Crippen LogP contribution in [0.5, 0.6) is 5.75 Å². The highest BCUT2D eigenvalue weighted by atomic mass is 19.3. The summed E-state index contributed by atoms with van der Waals surface area (Å²) in [6, 6.07) is 10.4. The molecule has 2 aromatic heterocycles. The van der Waals surface area contributed by atoms with Crippen molar-refractivity contribution in [2.75, 3.05) is 6.61 Å². The molecule has 26 heavy (non-hydrogen) atoms. The van der Waals surface area contributed by atoms with Gasteiger partial charge in [0.25, 0.3) is 0 Å². The van der Waals surface area contributed by atoms with E-state index in [1.165, 1.54) is 33.3 Å². The monoisotopic (exact) mass is 363 g/mol. The third kappa shape index (κ3) is 4.05. The molecule has 0 N–H and O–H groups in total. The Labute approximate surface area is 146 Å². The number of ether oxygens (including phenoxy) is 2. The lowest BCUT2D eigenvalue weighted by Crippen LogP contribution is -2.22. The zero-order valence-corrected chi connectivity index (χ0v) is 13.5. The van der Waals surface area contributed by atoms with Crippen LogP contribution in [-0.4, -0.2) is 33.4 Å². The van der Waals surface area contributed by atoms with E-state index in [2.05, 4.69) is 9.84 Å². The molecule has 9 heteroatoms. The Kier molecular flexibility index (Phi) is 5.26. The molecule has 0 saturated heterocycles. The van der Waals surface area contributed by atoms with Gasteiger partial charge in [-0.15, -0.1) is 5.10 Å². The number of esters is 1. The number of pyridine rings is 1. The highest BCUT2D eigenvalue weighted by Crippen LogP contribution is 2.15. The van der Waals surface area contributed by atoms with E-state index >= 15 is 0 Å². The molecular weight excluding hydrogens is 348 g/mol. The number of aryl methyl sites for hydroxylation is 1. The molecule has 2 heterocycles. The molecule has 136 valence electrons. The molecule has 7 nitrogen and oxygen atoms in total. The predicted octanol–water partition coefficient (Wildman–Crippen LogP) is 2.34. The van der Waals surface area contributed by atoms with Crippen LogP contribution in [-0.2, 0) is 11.3 Å². The van der Waals surface area contributed by atoms with E-state index in [-0.39, 0.29) is 23.6 Å². The Bertz CT molecular complexity index is 951. The van der Waals surface area contributed by atoms with Crippen LogP contribution in [0.4, 0.5) is 8.78 Å². The van der Waals surface area contributed by atoms with Gasteiger partial charge in [-0.2, -0.15) is 8.78 Å². The number of nitrogens with zero attached hydrogens (tertiary/aromatic N) is 3. The summed E-state index contributed by atoms with van der Waals surface area (Å²) in [6.45, 7) is -2.53. The van der Waals surface area contributed by atoms with E-state index < -0.39 is 12.6 Å². The Balaban J connectivity index is 1.50. The van der Waals surface area contributed by atoms with E-state index in [9.17, 15) is 18.4 Å². The van der Waals surface area contributed by atoms with Gasteiger partial charge in [-0.3, -0.25) is 4.40 Å². The van der Waals surface area contributed by atoms with Crippen molar-refractivity contribution in [1.82, 2.24) is 14.2 Å². The average molecular weight is 363 g/mol. The lowest BCUT2D eigenvalue weighted by Gasteiger charge is -2.06. The summed E-state index contributed by atoms with van der Waals surface area (Å²) >= 11 is 0. The van der Waals surface area contributed by atoms with Gasteiger partial charge < -0.3 is 9.47 Å².